The molecule has 0 atom stereocenters. The van der Waals surface area contributed by atoms with Crippen molar-refractivity contribution >= 4 is 46.8 Å². The summed E-state index contributed by atoms with van der Waals surface area (Å²) >= 11 is 4.89. The number of thiocarbonyl (C=S) groups is 1. The van der Waals surface area contributed by atoms with E-state index in [9.17, 15) is 14.4 Å². The maximum absolute atomic E-state index is 11.8. The van der Waals surface area contributed by atoms with Gasteiger partial charge in [0.25, 0.3) is 0 Å². The molecule has 2 rings (SSSR count). The first kappa shape index (κ1) is 19.9. The summed E-state index contributed by atoms with van der Waals surface area (Å²) in [6.07, 6.45) is 4.16. The second kappa shape index (κ2) is 10.5. The third kappa shape index (κ3) is 7.97. The van der Waals surface area contributed by atoms with Gasteiger partial charge >= 0.3 is 0 Å². The number of carbonyl (C=O) groups is 3. The average molecular weight is 386 g/mol. The largest absolute Gasteiger partial charge is 0.465 e. The van der Waals surface area contributed by atoms with E-state index in [1.54, 1.807) is 36.4 Å². The van der Waals surface area contributed by atoms with Crippen molar-refractivity contribution in [3.8, 4) is 0 Å². The number of para-hydroxylation sites is 1. The molecule has 0 aliphatic heterocycles. The second-order valence-corrected chi connectivity index (χ2v) is 5.66. The molecule has 0 unspecified atom stereocenters. The van der Waals surface area contributed by atoms with Gasteiger partial charge in [-0.1, -0.05) is 18.2 Å². The molecule has 0 radical (unpaired) electrons. The normalized spacial score (nSPS) is 10.2. The Morgan fingerprint density at radius 1 is 0.963 bits per heavy atom. The standard InChI is InChI=1S/C18H18N4O4S/c23-15(19-13-5-2-1-3-6-13)10-11-17(25)21-22-18(27)20-16(24)9-8-14-7-4-12-26-14/h1-9,12H,10-11H2,(H,19,23)(H,21,25)(H2,20,22,24,27). The Kier molecular flexibility index (Phi) is 7.73. The SMILES string of the molecule is O=C(C=Cc1ccco1)NC(=S)NNC(=O)CCC(=O)Nc1ccccc1. The van der Waals surface area contributed by atoms with Gasteiger partial charge in [0.15, 0.2) is 5.11 Å². The number of hydrazine groups is 1. The molecule has 4 N–H and O–H groups in total. The van der Waals surface area contributed by atoms with Gasteiger partial charge in [-0.2, -0.15) is 0 Å². The van der Waals surface area contributed by atoms with Crippen molar-refractivity contribution in [3.05, 3.63) is 60.6 Å². The zero-order valence-corrected chi connectivity index (χ0v) is 15.0. The summed E-state index contributed by atoms with van der Waals surface area (Å²) in [7, 11) is 0. The highest BCUT2D eigenvalue weighted by Crippen LogP contribution is 2.06. The lowest BCUT2D eigenvalue weighted by atomic mass is 10.2. The summed E-state index contributed by atoms with van der Waals surface area (Å²) in [5, 5.41) is 4.95. The summed E-state index contributed by atoms with van der Waals surface area (Å²) in [6.45, 7) is 0. The predicted molar refractivity (Wildman–Crippen MR) is 104 cm³/mol. The van der Waals surface area contributed by atoms with Crippen molar-refractivity contribution in [1.82, 2.24) is 16.2 Å². The molecule has 27 heavy (non-hydrogen) atoms. The maximum atomic E-state index is 11.8. The van der Waals surface area contributed by atoms with Gasteiger partial charge < -0.3 is 9.73 Å². The van der Waals surface area contributed by atoms with Crippen LogP contribution in [0.4, 0.5) is 5.69 Å². The molecule has 0 spiro atoms. The van der Waals surface area contributed by atoms with Gasteiger partial charge in [-0.15, -0.1) is 0 Å². The third-order valence-corrected chi connectivity index (χ3v) is 3.34. The summed E-state index contributed by atoms with van der Waals surface area (Å²) in [4.78, 5) is 35.1. The summed E-state index contributed by atoms with van der Waals surface area (Å²) in [5.74, 6) is -0.692. The Hall–Kier alpha value is -3.46. The number of benzene rings is 1. The van der Waals surface area contributed by atoms with Crippen LogP contribution in [0, 0.1) is 0 Å². The Morgan fingerprint density at radius 3 is 2.41 bits per heavy atom. The zero-order valence-electron chi connectivity index (χ0n) is 14.2. The average Bonchev–Trinajstić information content (AvgIpc) is 3.17. The van der Waals surface area contributed by atoms with Crippen molar-refractivity contribution in [3.63, 3.8) is 0 Å². The molecule has 0 aliphatic rings. The number of nitrogens with one attached hydrogen (secondary N) is 4. The van der Waals surface area contributed by atoms with Crippen LogP contribution in [0.1, 0.15) is 18.6 Å². The molecule has 0 saturated carbocycles. The summed E-state index contributed by atoms with van der Waals surface area (Å²) in [5.41, 5.74) is 5.36. The molecule has 0 aliphatic carbocycles. The lowest BCUT2D eigenvalue weighted by molar-refractivity contribution is -0.124. The van der Waals surface area contributed by atoms with Crippen LogP contribution in [0.15, 0.2) is 59.2 Å². The van der Waals surface area contributed by atoms with E-state index in [2.05, 4.69) is 21.5 Å². The highest BCUT2D eigenvalue weighted by Gasteiger charge is 2.08. The van der Waals surface area contributed by atoms with Gasteiger partial charge in [0.1, 0.15) is 5.76 Å². The van der Waals surface area contributed by atoms with Crippen molar-refractivity contribution in [1.29, 1.82) is 0 Å². The Balaban J connectivity index is 1.62. The van der Waals surface area contributed by atoms with E-state index < -0.39 is 11.8 Å². The topological polar surface area (TPSA) is 112 Å². The van der Waals surface area contributed by atoms with Crippen molar-refractivity contribution in [2.24, 2.45) is 0 Å². The summed E-state index contributed by atoms with van der Waals surface area (Å²) in [6, 6.07) is 12.3. The van der Waals surface area contributed by atoms with Crippen molar-refractivity contribution in [2.75, 3.05) is 5.32 Å². The molecule has 3 amide bonds. The number of amides is 3. The number of carbonyl (C=O) groups excluding carboxylic acids is 3. The quantitative estimate of drug-likeness (QED) is 0.342. The molecular formula is C18H18N4O4S. The van der Waals surface area contributed by atoms with Gasteiger partial charge in [-0.3, -0.25) is 30.6 Å². The minimum absolute atomic E-state index is 0.00735. The predicted octanol–water partition coefficient (Wildman–Crippen LogP) is 1.73. The van der Waals surface area contributed by atoms with Gasteiger partial charge in [-0.05, 0) is 42.6 Å². The Labute approximate surface area is 161 Å². The molecular weight excluding hydrogens is 368 g/mol. The minimum Gasteiger partial charge on any atom is -0.465 e. The van der Waals surface area contributed by atoms with E-state index in [1.165, 1.54) is 18.4 Å². The maximum Gasteiger partial charge on any atom is 0.250 e. The fraction of sp³-hybridized carbons (Fsp3) is 0.111. The molecule has 8 nitrogen and oxygen atoms in total. The fourth-order valence-corrected chi connectivity index (χ4v) is 2.04. The van der Waals surface area contributed by atoms with Crippen LogP contribution >= 0.6 is 12.2 Å². The van der Waals surface area contributed by atoms with Crippen LogP contribution < -0.4 is 21.5 Å². The molecule has 0 fully saturated rings. The second-order valence-electron chi connectivity index (χ2n) is 5.25. The van der Waals surface area contributed by atoms with E-state index in [0.717, 1.165) is 0 Å². The van der Waals surface area contributed by atoms with Gasteiger partial charge in [0.2, 0.25) is 17.7 Å². The van der Waals surface area contributed by atoms with E-state index in [4.69, 9.17) is 16.6 Å². The highest BCUT2D eigenvalue weighted by atomic mass is 32.1. The zero-order chi connectivity index (χ0) is 19.5. The number of hydrogen-bond acceptors (Lipinski definition) is 5. The molecule has 1 heterocycles. The van der Waals surface area contributed by atoms with Crippen LogP contribution in [-0.4, -0.2) is 22.8 Å². The fourth-order valence-electron chi connectivity index (χ4n) is 1.89. The van der Waals surface area contributed by atoms with Crippen LogP contribution in [-0.2, 0) is 14.4 Å². The van der Waals surface area contributed by atoms with Crippen LogP contribution in [0.3, 0.4) is 0 Å². The third-order valence-electron chi connectivity index (χ3n) is 3.13. The van der Waals surface area contributed by atoms with Crippen LogP contribution in [0.5, 0.6) is 0 Å². The smallest absolute Gasteiger partial charge is 0.250 e. The molecule has 2 aromatic rings. The first-order chi connectivity index (χ1) is 13.0. The van der Waals surface area contributed by atoms with E-state index in [1.807, 2.05) is 6.07 Å². The highest BCUT2D eigenvalue weighted by molar-refractivity contribution is 7.80. The Morgan fingerprint density at radius 2 is 1.70 bits per heavy atom. The lowest BCUT2D eigenvalue weighted by Gasteiger charge is -2.09. The minimum atomic E-state index is -0.486. The molecule has 1 aromatic heterocycles. The lowest BCUT2D eigenvalue weighted by Crippen LogP contribution is -2.48. The van der Waals surface area contributed by atoms with E-state index in [0.29, 0.717) is 11.4 Å². The number of anilines is 1. The van der Waals surface area contributed by atoms with E-state index >= 15 is 0 Å². The number of hydrogen-bond donors (Lipinski definition) is 4. The van der Waals surface area contributed by atoms with Gasteiger partial charge in [0, 0.05) is 24.6 Å². The number of furan rings is 1. The molecule has 140 valence electrons. The van der Waals surface area contributed by atoms with Crippen LogP contribution in [0.2, 0.25) is 0 Å². The molecule has 0 bridgehead atoms. The first-order valence-electron chi connectivity index (χ1n) is 7.99. The van der Waals surface area contributed by atoms with Crippen molar-refractivity contribution < 1.29 is 18.8 Å². The number of rotatable bonds is 6. The van der Waals surface area contributed by atoms with E-state index in [-0.39, 0.29) is 23.9 Å². The molecule has 0 saturated heterocycles. The first-order valence-corrected chi connectivity index (χ1v) is 8.40. The Bertz CT molecular complexity index is 819. The molecule has 1 aromatic carbocycles. The summed E-state index contributed by atoms with van der Waals surface area (Å²) < 4.78 is 5.05. The van der Waals surface area contributed by atoms with Crippen molar-refractivity contribution in [2.45, 2.75) is 12.8 Å². The monoisotopic (exact) mass is 386 g/mol. The molecule has 9 heteroatoms. The van der Waals surface area contributed by atoms with Crippen LogP contribution in [0.25, 0.3) is 6.08 Å². The van der Waals surface area contributed by atoms with Gasteiger partial charge in [0.05, 0.1) is 6.26 Å². The van der Waals surface area contributed by atoms with Gasteiger partial charge in [-0.25, -0.2) is 0 Å².